The molecule has 6 nitrogen and oxygen atoms in total. The van der Waals surface area contributed by atoms with Crippen LogP contribution < -0.4 is 5.32 Å². The second-order valence-electron chi connectivity index (χ2n) is 23.2. The van der Waals surface area contributed by atoms with E-state index in [1.54, 1.807) is 0 Å². The van der Waals surface area contributed by atoms with E-state index in [0.717, 1.165) is 51.4 Å². The molecule has 0 heterocycles. The Labute approximate surface area is 462 Å². The summed E-state index contributed by atoms with van der Waals surface area (Å²) < 4.78 is 5.50. The molecular weight excluding hydrogens is 911 g/mol. The van der Waals surface area contributed by atoms with Crippen molar-refractivity contribution in [2.24, 2.45) is 0 Å². The van der Waals surface area contributed by atoms with Crippen LogP contribution in [0.3, 0.4) is 0 Å². The number of esters is 1. The molecule has 438 valence electrons. The molecule has 0 rings (SSSR count). The highest BCUT2D eigenvalue weighted by molar-refractivity contribution is 5.76. The Hall–Kier alpha value is -1.66. The zero-order valence-electron chi connectivity index (χ0n) is 50.1. The molecule has 74 heavy (non-hydrogen) atoms. The van der Waals surface area contributed by atoms with Gasteiger partial charge in [0.1, 0.15) is 0 Å². The highest BCUT2D eigenvalue weighted by Crippen LogP contribution is 2.19. The number of aliphatic hydroxyl groups excluding tert-OH is 2. The fourth-order valence-corrected chi connectivity index (χ4v) is 10.6. The predicted octanol–water partition coefficient (Wildman–Crippen LogP) is 21.4. The minimum absolute atomic E-state index is 0.00780. The smallest absolute Gasteiger partial charge is 0.305 e. The van der Waals surface area contributed by atoms with Crippen LogP contribution in [0.25, 0.3) is 0 Å². The lowest BCUT2D eigenvalue weighted by Crippen LogP contribution is -2.45. The number of unbranched alkanes of at least 4 members (excludes halogenated alkanes) is 48. The lowest BCUT2D eigenvalue weighted by atomic mass is 10.0. The SMILES string of the molecule is CCCCCC/C=C\C/C=C\CCCCCCCCCC(=O)OCCCCCCCCCCCCCCCCCCCCCCCCCC(=O)NC(CO)C(O)CCCCCCCCCCCCCCCCCC. The summed E-state index contributed by atoms with van der Waals surface area (Å²) in [5, 5.41) is 23.3. The number of hydrogen-bond donors (Lipinski definition) is 3. The van der Waals surface area contributed by atoms with Gasteiger partial charge in [0.2, 0.25) is 5.91 Å². The molecule has 0 saturated heterocycles. The number of carbonyl (C=O) groups is 2. The van der Waals surface area contributed by atoms with E-state index >= 15 is 0 Å². The lowest BCUT2D eigenvalue weighted by molar-refractivity contribution is -0.143. The van der Waals surface area contributed by atoms with Gasteiger partial charge in [0, 0.05) is 12.8 Å². The molecular formula is C68H131NO5. The van der Waals surface area contributed by atoms with Gasteiger partial charge in [-0.1, -0.05) is 327 Å². The van der Waals surface area contributed by atoms with Gasteiger partial charge in [-0.2, -0.15) is 0 Å². The van der Waals surface area contributed by atoms with E-state index in [-0.39, 0.29) is 18.5 Å². The lowest BCUT2D eigenvalue weighted by Gasteiger charge is -2.22. The average molecular weight is 1040 g/mol. The number of nitrogens with one attached hydrogen (secondary N) is 1. The highest BCUT2D eigenvalue weighted by Gasteiger charge is 2.20. The zero-order chi connectivity index (χ0) is 53.6. The normalized spacial score (nSPS) is 12.6. The fourth-order valence-electron chi connectivity index (χ4n) is 10.6. The van der Waals surface area contributed by atoms with Crippen molar-refractivity contribution in [3.8, 4) is 0 Å². The standard InChI is InChI=1S/C68H131NO5/c1-3-5-7-9-11-13-15-17-19-21-30-34-38-42-46-50-54-58-62-68(73)74-63-59-55-51-47-43-39-35-31-28-26-24-22-23-25-27-29-33-37-41-45-49-53-57-61-67(72)69-65(64-70)66(71)60-56-52-48-44-40-36-32-20-18-16-14-12-10-8-6-4-2/h13,15,19,21,65-66,70-71H,3-12,14,16-18,20,22-64H2,1-2H3,(H,69,72)/b15-13-,21-19-. The summed E-state index contributed by atoms with van der Waals surface area (Å²) in [6, 6.07) is -0.541. The molecule has 0 bridgehead atoms. The molecule has 2 unspecified atom stereocenters. The van der Waals surface area contributed by atoms with Gasteiger partial charge in [0.25, 0.3) is 0 Å². The molecule has 0 spiro atoms. The van der Waals surface area contributed by atoms with Crippen LogP contribution in [0.5, 0.6) is 0 Å². The number of rotatable bonds is 63. The maximum absolute atomic E-state index is 12.5. The minimum Gasteiger partial charge on any atom is -0.466 e. The monoisotopic (exact) mass is 1040 g/mol. The van der Waals surface area contributed by atoms with E-state index in [9.17, 15) is 19.8 Å². The van der Waals surface area contributed by atoms with E-state index in [4.69, 9.17) is 4.74 Å². The van der Waals surface area contributed by atoms with Gasteiger partial charge in [-0.25, -0.2) is 0 Å². The molecule has 2 atom stereocenters. The highest BCUT2D eigenvalue weighted by atomic mass is 16.5. The molecule has 0 aliphatic carbocycles. The Bertz CT molecular complexity index is 1150. The Balaban J connectivity index is 3.36. The zero-order valence-corrected chi connectivity index (χ0v) is 50.1. The molecule has 0 fully saturated rings. The van der Waals surface area contributed by atoms with Gasteiger partial charge in [-0.05, 0) is 57.8 Å². The van der Waals surface area contributed by atoms with E-state index in [1.807, 2.05) is 0 Å². The number of hydrogen-bond acceptors (Lipinski definition) is 5. The van der Waals surface area contributed by atoms with Crippen molar-refractivity contribution in [1.29, 1.82) is 0 Å². The van der Waals surface area contributed by atoms with Crippen molar-refractivity contribution in [3.05, 3.63) is 24.3 Å². The van der Waals surface area contributed by atoms with E-state index in [1.165, 1.54) is 289 Å². The molecule has 0 saturated carbocycles. The van der Waals surface area contributed by atoms with Crippen LogP contribution in [0, 0.1) is 0 Å². The predicted molar refractivity (Wildman–Crippen MR) is 324 cm³/mol. The fraction of sp³-hybridized carbons (Fsp3) is 0.912. The van der Waals surface area contributed by atoms with Crippen LogP contribution in [0.1, 0.15) is 373 Å². The van der Waals surface area contributed by atoms with Crippen molar-refractivity contribution in [3.63, 3.8) is 0 Å². The Morgan fingerprint density at radius 2 is 0.676 bits per heavy atom. The third kappa shape index (κ3) is 59.6. The molecule has 6 heteroatoms. The van der Waals surface area contributed by atoms with Crippen molar-refractivity contribution >= 4 is 11.9 Å². The summed E-state index contributed by atoms with van der Waals surface area (Å²) in [4.78, 5) is 24.6. The molecule has 3 N–H and O–H groups in total. The first kappa shape index (κ1) is 72.3. The Kier molecular flexibility index (Phi) is 62.4. The van der Waals surface area contributed by atoms with Crippen molar-refractivity contribution in [2.45, 2.75) is 386 Å². The van der Waals surface area contributed by atoms with Gasteiger partial charge in [0.15, 0.2) is 0 Å². The largest absolute Gasteiger partial charge is 0.466 e. The summed E-state index contributed by atoms with van der Waals surface area (Å²) in [5.41, 5.74) is 0. The summed E-state index contributed by atoms with van der Waals surface area (Å²) in [6.45, 7) is 4.96. The van der Waals surface area contributed by atoms with E-state index < -0.39 is 12.1 Å². The van der Waals surface area contributed by atoms with Crippen LogP contribution in [-0.2, 0) is 14.3 Å². The van der Waals surface area contributed by atoms with Gasteiger partial charge < -0.3 is 20.3 Å². The molecule has 0 aliphatic heterocycles. The average Bonchev–Trinajstić information content (AvgIpc) is 3.40. The number of allylic oxidation sites excluding steroid dienone is 4. The quantitative estimate of drug-likeness (QED) is 0.0320. The maximum Gasteiger partial charge on any atom is 0.305 e. The van der Waals surface area contributed by atoms with Gasteiger partial charge in [-0.3, -0.25) is 9.59 Å². The van der Waals surface area contributed by atoms with Crippen LogP contribution in [-0.4, -0.2) is 47.4 Å². The molecule has 0 aliphatic rings. The molecule has 0 aromatic rings. The molecule has 0 radical (unpaired) electrons. The minimum atomic E-state index is -0.664. The van der Waals surface area contributed by atoms with Crippen LogP contribution in [0.4, 0.5) is 0 Å². The molecule has 0 aromatic carbocycles. The first-order valence-corrected chi connectivity index (χ1v) is 33.6. The van der Waals surface area contributed by atoms with Crippen LogP contribution >= 0.6 is 0 Å². The van der Waals surface area contributed by atoms with Crippen molar-refractivity contribution in [1.82, 2.24) is 5.32 Å². The number of ether oxygens (including phenoxy) is 1. The number of carbonyl (C=O) groups excluding carboxylic acids is 2. The molecule has 0 aromatic heterocycles. The maximum atomic E-state index is 12.5. The second kappa shape index (κ2) is 63.9. The van der Waals surface area contributed by atoms with Crippen molar-refractivity contribution in [2.75, 3.05) is 13.2 Å². The second-order valence-corrected chi connectivity index (χ2v) is 23.2. The van der Waals surface area contributed by atoms with E-state index in [2.05, 4.69) is 43.5 Å². The topological polar surface area (TPSA) is 95.9 Å². The third-order valence-corrected chi connectivity index (χ3v) is 15.8. The van der Waals surface area contributed by atoms with E-state index in [0.29, 0.717) is 25.9 Å². The van der Waals surface area contributed by atoms with Gasteiger partial charge in [-0.15, -0.1) is 0 Å². The first-order chi connectivity index (χ1) is 36.5. The summed E-state index contributed by atoms with van der Waals surface area (Å²) in [5.74, 6) is -0.0239. The summed E-state index contributed by atoms with van der Waals surface area (Å²) >= 11 is 0. The summed E-state index contributed by atoms with van der Waals surface area (Å²) in [6.07, 6.45) is 79.2. The van der Waals surface area contributed by atoms with Crippen LogP contribution in [0.2, 0.25) is 0 Å². The Morgan fingerprint density at radius 1 is 0.378 bits per heavy atom. The summed E-state index contributed by atoms with van der Waals surface area (Å²) in [7, 11) is 0. The molecule has 1 amide bonds. The number of aliphatic hydroxyl groups is 2. The third-order valence-electron chi connectivity index (χ3n) is 15.8. The first-order valence-electron chi connectivity index (χ1n) is 33.6. The Morgan fingerprint density at radius 3 is 1.04 bits per heavy atom. The van der Waals surface area contributed by atoms with Crippen molar-refractivity contribution < 1.29 is 24.5 Å². The van der Waals surface area contributed by atoms with Gasteiger partial charge >= 0.3 is 5.97 Å². The van der Waals surface area contributed by atoms with Crippen LogP contribution in [0.15, 0.2) is 24.3 Å². The number of amides is 1. The van der Waals surface area contributed by atoms with Gasteiger partial charge in [0.05, 0.1) is 25.4 Å².